The Bertz CT molecular complexity index is 436. The molecule has 0 aliphatic heterocycles. The Kier molecular flexibility index (Phi) is 3.10. The van der Waals surface area contributed by atoms with E-state index in [0.717, 1.165) is 29.7 Å². The molecule has 3 nitrogen and oxygen atoms in total. The summed E-state index contributed by atoms with van der Waals surface area (Å²) in [7, 11) is 0. The van der Waals surface area contributed by atoms with Gasteiger partial charge in [-0.25, -0.2) is 0 Å². The summed E-state index contributed by atoms with van der Waals surface area (Å²) in [6.07, 6.45) is 3.08. The quantitative estimate of drug-likeness (QED) is 0.803. The smallest absolute Gasteiger partial charge is 0.217 e. The van der Waals surface area contributed by atoms with E-state index >= 15 is 0 Å². The van der Waals surface area contributed by atoms with Crippen molar-refractivity contribution < 1.29 is 9.59 Å². The molecule has 0 radical (unpaired) electrons. The summed E-state index contributed by atoms with van der Waals surface area (Å²) in [6, 6.07) is 2.05. The average Bonchev–Trinajstić information content (AvgIpc) is 2.61. The van der Waals surface area contributed by atoms with Crippen molar-refractivity contribution in [2.45, 2.75) is 39.2 Å². The largest absolute Gasteiger partial charge is 0.350 e. The number of carbonyl (C=O) groups excluding carboxylic acids is 2. The molecule has 86 valence electrons. The van der Waals surface area contributed by atoms with Gasteiger partial charge in [-0.05, 0) is 37.8 Å². The van der Waals surface area contributed by atoms with Crippen molar-refractivity contribution >= 4 is 23.0 Å². The van der Waals surface area contributed by atoms with Crippen molar-refractivity contribution in [2.24, 2.45) is 0 Å². The van der Waals surface area contributed by atoms with Gasteiger partial charge >= 0.3 is 0 Å². The lowest BCUT2D eigenvalue weighted by molar-refractivity contribution is -0.119. The number of amides is 1. The number of Topliss-reactive ketones (excluding diaryl/α,β-unsaturated/α-hetero) is 1. The predicted octanol–water partition coefficient (Wildman–Crippen LogP) is 2.46. The minimum Gasteiger partial charge on any atom is -0.350 e. The van der Waals surface area contributed by atoms with Gasteiger partial charge in [0, 0.05) is 11.8 Å². The van der Waals surface area contributed by atoms with E-state index in [4.69, 9.17) is 0 Å². The number of hydrogen-bond donors (Lipinski definition) is 1. The summed E-state index contributed by atoms with van der Waals surface area (Å²) >= 11 is 1.57. The van der Waals surface area contributed by atoms with Crippen LogP contribution < -0.4 is 5.32 Å². The minimum atomic E-state index is -0.00609. The number of carbonyl (C=O) groups is 2. The van der Waals surface area contributed by atoms with Crippen LogP contribution in [0, 0.1) is 0 Å². The van der Waals surface area contributed by atoms with Crippen LogP contribution in [-0.4, -0.2) is 11.7 Å². The van der Waals surface area contributed by atoms with Crippen LogP contribution in [0.1, 0.15) is 52.8 Å². The third kappa shape index (κ3) is 2.16. The van der Waals surface area contributed by atoms with Gasteiger partial charge in [-0.15, -0.1) is 11.3 Å². The molecule has 1 N–H and O–H groups in total. The van der Waals surface area contributed by atoms with Crippen molar-refractivity contribution in [1.29, 1.82) is 0 Å². The Labute approximate surface area is 98.9 Å². The van der Waals surface area contributed by atoms with E-state index in [1.807, 2.05) is 6.07 Å². The molecule has 1 aliphatic carbocycles. The molecule has 1 heterocycles. The van der Waals surface area contributed by atoms with Gasteiger partial charge < -0.3 is 5.32 Å². The zero-order valence-electron chi connectivity index (χ0n) is 9.50. The van der Waals surface area contributed by atoms with Crippen LogP contribution in [0.5, 0.6) is 0 Å². The molecular formula is C12H15NO2S. The van der Waals surface area contributed by atoms with E-state index in [1.54, 1.807) is 18.3 Å². The lowest BCUT2D eigenvalue weighted by Crippen LogP contribution is -2.28. The molecule has 16 heavy (non-hydrogen) atoms. The molecule has 1 aromatic heterocycles. The molecule has 0 saturated carbocycles. The molecule has 0 saturated heterocycles. The summed E-state index contributed by atoms with van der Waals surface area (Å²) in [4.78, 5) is 24.5. The highest BCUT2D eigenvalue weighted by atomic mass is 32.1. The molecule has 0 spiro atoms. The summed E-state index contributed by atoms with van der Waals surface area (Å²) in [5.41, 5.74) is 1.15. The molecular weight excluding hydrogens is 222 g/mol. The summed E-state index contributed by atoms with van der Waals surface area (Å²) in [6.45, 7) is 3.12. The number of ketones is 1. The molecule has 1 aliphatic rings. The van der Waals surface area contributed by atoms with Crippen LogP contribution in [0.4, 0.5) is 0 Å². The maximum Gasteiger partial charge on any atom is 0.217 e. The van der Waals surface area contributed by atoms with Crippen LogP contribution in [-0.2, 0) is 11.2 Å². The fourth-order valence-corrected chi connectivity index (χ4v) is 3.28. The molecule has 4 heteroatoms. The monoisotopic (exact) mass is 237 g/mol. The number of hydrogen-bond acceptors (Lipinski definition) is 3. The van der Waals surface area contributed by atoms with Crippen LogP contribution in [0.15, 0.2) is 6.07 Å². The van der Waals surface area contributed by atoms with E-state index in [-0.39, 0.29) is 17.7 Å². The summed E-state index contributed by atoms with van der Waals surface area (Å²) in [5, 5.41) is 2.95. The van der Waals surface area contributed by atoms with Crippen molar-refractivity contribution in [3.05, 3.63) is 21.4 Å². The van der Waals surface area contributed by atoms with E-state index in [2.05, 4.69) is 5.32 Å². The molecule has 2 rings (SSSR count). The normalized spacial score (nSPS) is 19.0. The van der Waals surface area contributed by atoms with E-state index in [0.29, 0.717) is 0 Å². The van der Waals surface area contributed by atoms with E-state index in [1.165, 1.54) is 11.8 Å². The second-order valence-electron chi connectivity index (χ2n) is 4.19. The average molecular weight is 237 g/mol. The zero-order valence-corrected chi connectivity index (χ0v) is 10.3. The maximum atomic E-state index is 11.3. The fraction of sp³-hybridized carbons (Fsp3) is 0.500. The summed E-state index contributed by atoms with van der Waals surface area (Å²) < 4.78 is 0. The van der Waals surface area contributed by atoms with Crippen molar-refractivity contribution in [3.8, 4) is 0 Å². The Morgan fingerprint density at radius 3 is 2.81 bits per heavy atom. The van der Waals surface area contributed by atoms with Gasteiger partial charge in [0.25, 0.3) is 0 Å². The van der Waals surface area contributed by atoms with Crippen molar-refractivity contribution in [1.82, 2.24) is 5.32 Å². The SMILES string of the molecule is CC(=O)NC1CCCc2sc(C(C)=O)cc21. The maximum absolute atomic E-state index is 11.3. The van der Waals surface area contributed by atoms with Gasteiger partial charge in [0.2, 0.25) is 5.91 Å². The van der Waals surface area contributed by atoms with Crippen molar-refractivity contribution in [2.75, 3.05) is 0 Å². The Morgan fingerprint density at radius 2 is 2.19 bits per heavy atom. The third-order valence-electron chi connectivity index (χ3n) is 2.84. The molecule has 0 fully saturated rings. The van der Waals surface area contributed by atoms with Crippen LogP contribution in [0.2, 0.25) is 0 Å². The Balaban J connectivity index is 2.30. The highest BCUT2D eigenvalue weighted by Crippen LogP contribution is 2.35. The van der Waals surface area contributed by atoms with Gasteiger partial charge in [-0.3, -0.25) is 9.59 Å². The van der Waals surface area contributed by atoms with Crippen LogP contribution in [0.3, 0.4) is 0 Å². The number of rotatable bonds is 2. The first-order valence-corrected chi connectivity index (χ1v) is 6.30. The van der Waals surface area contributed by atoms with Gasteiger partial charge in [0.15, 0.2) is 5.78 Å². The number of fused-ring (bicyclic) bond motifs is 1. The number of aryl methyl sites for hydroxylation is 1. The molecule has 1 unspecified atom stereocenters. The molecule has 1 aromatic rings. The molecule has 0 bridgehead atoms. The molecule has 1 amide bonds. The first kappa shape index (κ1) is 11.3. The van der Waals surface area contributed by atoms with Gasteiger partial charge in [0.1, 0.15) is 0 Å². The second kappa shape index (κ2) is 4.37. The van der Waals surface area contributed by atoms with E-state index < -0.39 is 0 Å². The van der Waals surface area contributed by atoms with Crippen LogP contribution >= 0.6 is 11.3 Å². The minimum absolute atomic E-state index is 0.00609. The van der Waals surface area contributed by atoms with Crippen LogP contribution in [0.25, 0.3) is 0 Å². The van der Waals surface area contributed by atoms with E-state index in [9.17, 15) is 9.59 Å². The first-order chi connectivity index (χ1) is 7.58. The number of thiophene rings is 1. The fourth-order valence-electron chi connectivity index (χ4n) is 2.12. The number of nitrogens with one attached hydrogen (secondary N) is 1. The third-order valence-corrected chi connectivity index (χ3v) is 4.15. The standard InChI is InChI=1S/C12H15NO2S/c1-7(14)12-6-9-10(13-8(2)15)4-3-5-11(9)16-12/h6,10H,3-5H2,1-2H3,(H,13,15). The van der Waals surface area contributed by atoms with Gasteiger partial charge in [-0.2, -0.15) is 0 Å². The zero-order chi connectivity index (χ0) is 11.7. The highest BCUT2D eigenvalue weighted by Gasteiger charge is 2.24. The highest BCUT2D eigenvalue weighted by molar-refractivity contribution is 7.14. The topological polar surface area (TPSA) is 46.2 Å². The summed E-state index contributed by atoms with van der Waals surface area (Å²) in [5.74, 6) is 0.106. The first-order valence-electron chi connectivity index (χ1n) is 5.48. The second-order valence-corrected chi connectivity index (χ2v) is 5.33. The predicted molar refractivity (Wildman–Crippen MR) is 63.8 cm³/mol. The lowest BCUT2D eigenvalue weighted by atomic mass is 9.93. The van der Waals surface area contributed by atoms with Crippen molar-refractivity contribution in [3.63, 3.8) is 0 Å². The Hall–Kier alpha value is -1.16. The lowest BCUT2D eigenvalue weighted by Gasteiger charge is -2.22. The molecule has 1 atom stereocenters. The molecule has 0 aromatic carbocycles. The van der Waals surface area contributed by atoms with Gasteiger partial charge in [0.05, 0.1) is 10.9 Å². The van der Waals surface area contributed by atoms with Gasteiger partial charge in [-0.1, -0.05) is 0 Å². The Morgan fingerprint density at radius 1 is 1.44 bits per heavy atom.